The minimum Gasteiger partial charge on any atom is -0.322 e. The van der Waals surface area contributed by atoms with Crippen LogP contribution < -0.4 is 5.32 Å². The van der Waals surface area contributed by atoms with Gasteiger partial charge >= 0.3 is 0 Å². The summed E-state index contributed by atoms with van der Waals surface area (Å²) in [7, 11) is 0. The van der Waals surface area contributed by atoms with Gasteiger partial charge in [-0.2, -0.15) is 0 Å². The minimum absolute atomic E-state index is 0.232. The number of imide groups is 1. The van der Waals surface area contributed by atoms with E-state index < -0.39 is 11.9 Å². The van der Waals surface area contributed by atoms with Crippen LogP contribution in [-0.2, 0) is 16.1 Å². The summed E-state index contributed by atoms with van der Waals surface area (Å²) in [5.41, 5.74) is 3.21. The fraction of sp³-hybridized carbons (Fsp3) is 0.211. The number of rotatable bonds is 2. The number of nitrogens with zero attached hydrogens (tertiary/aromatic N) is 1. The Balaban J connectivity index is 1.75. The van der Waals surface area contributed by atoms with Crippen LogP contribution in [0.25, 0.3) is 11.1 Å². The highest BCUT2D eigenvalue weighted by atomic mass is 35.5. The molecular weight excluding hydrogens is 340 g/mol. The van der Waals surface area contributed by atoms with Crippen LogP contribution in [-0.4, -0.2) is 28.7 Å². The second-order valence-corrected chi connectivity index (χ2v) is 6.62. The Bertz CT molecular complexity index is 895. The van der Waals surface area contributed by atoms with Crippen LogP contribution in [0.4, 0.5) is 0 Å². The Morgan fingerprint density at radius 1 is 1.04 bits per heavy atom. The summed E-state index contributed by atoms with van der Waals surface area (Å²) in [5.74, 6) is -0.976. The maximum Gasteiger partial charge on any atom is 0.256 e. The lowest BCUT2D eigenvalue weighted by atomic mass is 9.97. The van der Waals surface area contributed by atoms with Crippen LogP contribution in [0.1, 0.15) is 28.8 Å². The lowest BCUT2D eigenvalue weighted by molar-refractivity contribution is -0.136. The van der Waals surface area contributed by atoms with Gasteiger partial charge in [-0.1, -0.05) is 48.0 Å². The molecule has 0 radical (unpaired) electrons. The third kappa shape index (κ3) is 2.61. The molecule has 2 aromatic carbocycles. The van der Waals surface area contributed by atoms with Crippen LogP contribution in [0.15, 0.2) is 42.5 Å². The first-order valence-electron chi connectivity index (χ1n) is 8.07. The molecule has 0 aromatic heterocycles. The number of piperidine rings is 1. The van der Waals surface area contributed by atoms with Crippen molar-refractivity contribution in [1.82, 2.24) is 10.2 Å². The van der Waals surface area contributed by atoms with Crippen molar-refractivity contribution in [1.29, 1.82) is 0 Å². The lowest BCUT2D eigenvalue weighted by Gasteiger charge is -2.29. The van der Waals surface area contributed by atoms with E-state index in [0.29, 0.717) is 23.6 Å². The van der Waals surface area contributed by atoms with Gasteiger partial charge in [0.15, 0.2) is 0 Å². The summed E-state index contributed by atoms with van der Waals surface area (Å²) in [6, 6.07) is 12.7. The Morgan fingerprint density at radius 2 is 1.80 bits per heavy atom. The third-order valence-electron chi connectivity index (χ3n) is 4.74. The van der Waals surface area contributed by atoms with Crippen molar-refractivity contribution in [3.8, 4) is 11.1 Å². The molecule has 126 valence electrons. The quantitative estimate of drug-likeness (QED) is 0.843. The number of hydrogen-bond donors (Lipinski definition) is 1. The molecule has 1 N–H and O–H groups in total. The Kier molecular flexibility index (Phi) is 3.81. The molecule has 1 unspecified atom stereocenters. The second-order valence-electron chi connectivity index (χ2n) is 6.21. The summed E-state index contributed by atoms with van der Waals surface area (Å²) in [6.07, 6.45) is 0.568. The highest BCUT2D eigenvalue weighted by Crippen LogP contribution is 2.38. The predicted octanol–water partition coefficient (Wildman–Crippen LogP) is 2.77. The van der Waals surface area contributed by atoms with E-state index >= 15 is 0 Å². The fourth-order valence-electron chi connectivity index (χ4n) is 3.52. The van der Waals surface area contributed by atoms with Crippen LogP contribution >= 0.6 is 11.6 Å². The van der Waals surface area contributed by atoms with Crippen molar-refractivity contribution in [2.75, 3.05) is 0 Å². The summed E-state index contributed by atoms with van der Waals surface area (Å²) in [5, 5.41) is 2.69. The molecule has 0 aliphatic carbocycles. The van der Waals surface area contributed by atoms with Crippen LogP contribution in [0.3, 0.4) is 0 Å². The standard InChI is InChI=1S/C19H15ClN2O3/c20-14-7-6-12(11-4-2-1-3-5-11)13-10-22(19(25)17(13)14)15-8-9-16(23)21-18(15)24/h1-7,15H,8-10H2,(H,21,23,24). The molecule has 2 aliphatic heterocycles. The van der Waals surface area contributed by atoms with Gasteiger partial charge in [-0.15, -0.1) is 0 Å². The molecule has 0 bridgehead atoms. The number of amides is 3. The monoisotopic (exact) mass is 354 g/mol. The molecule has 1 saturated heterocycles. The Morgan fingerprint density at radius 3 is 2.52 bits per heavy atom. The molecule has 1 atom stereocenters. The lowest BCUT2D eigenvalue weighted by Crippen LogP contribution is -2.52. The van der Waals surface area contributed by atoms with Gasteiger partial charge in [-0.05, 0) is 29.2 Å². The van der Waals surface area contributed by atoms with Gasteiger partial charge in [0.2, 0.25) is 11.8 Å². The largest absolute Gasteiger partial charge is 0.322 e. The number of carbonyl (C=O) groups is 3. The average molecular weight is 355 g/mol. The van der Waals surface area contributed by atoms with Crippen LogP contribution in [0, 0.1) is 0 Å². The van der Waals surface area contributed by atoms with Gasteiger partial charge in [0, 0.05) is 13.0 Å². The molecule has 5 nitrogen and oxygen atoms in total. The average Bonchev–Trinajstić information content (AvgIpc) is 2.94. The van der Waals surface area contributed by atoms with Crippen molar-refractivity contribution in [2.45, 2.75) is 25.4 Å². The number of fused-ring (bicyclic) bond motifs is 1. The molecule has 0 spiro atoms. The summed E-state index contributed by atoms with van der Waals surface area (Å²) in [6.45, 7) is 0.311. The normalized spacial score (nSPS) is 19.8. The van der Waals surface area contributed by atoms with E-state index in [1.807, 2.05) is 36.4 Å². The zero-order chi connectivity index (χ0) is 17.6. The van der Waals surface area contributed by atoms with Gasteiger partial charge in [-0.25, -0.2) is 0 Å². The van der Waals surface area contributed by atoms with E-state index in [0.717, 1.165) is 16.7 Å². The number of halogens is 1. The predicted molar refractivity (Wildman–Crippen MR) is 92.9 cm³/mol. The van der Waals surface area contributed by atoms with Crippen molar-refractivity contribution in [3.63, 3.8) is 0 Å². The molecular formula is C19H15ClN2O3. The molecule has 0 saturated carbocycles. The maximum absolute atomic E-state index is 12.9. The molecule has 2 aromatic rings. The van der Waals surface area contributed by atoms with E-state index in [1.54, 1.807) is 6.07 Å². The van der Waals surface area contributed by atoms with Crippen molar-refractivity contribution < 1.29 is 14.4 Å². The summed E-state index contributed by atoms with van der Waals surface area (Å²) >= 11 is 6.29. The van der Waals surface area contributed by atoms with Crippen LogP contribution in [0.2, 0.25) is 5.02 Å². The van der Waals surface area contributed by atoms with Gasteiger partial charge in [-0.3, -0.25) is 19.7 Å². The number of benzene rings is 2. The fourth-order valence-corrected chi connectivity index (χ4v) is 3.78. The van der Waals surface area contributed by atoms with Crippen LogP contribution in [0.5, 0.6) is 0 Å². The smallest absolute Gasteiger partial charge is 0.256 e. The van der Waals surface area contributed by atoms with Gasteiger partial charge in [0.25, 0.3) is 5.91 Å². The highest BCUT2D eigenvalue weighted by Gasteiger charge is 2.40. The third-order valence-corrected chi connectivity index (χ3v) is 5.05. The van der Waals surface area contributed by atoms with E-state index in [2.05, 4.69) is 5.32 Å². The number of hydrogen-bond acceptors (Lipinski definition) is 3. The molecule has 4 rings (SSSR count). The first-order chi connectivity index (χ1) is 12.1. The number of carbonyl (C=O) groups excluding carboxylic acids is 3. The minimum atomic E-state index is -0.641. The van der Waals surface area contributed by atoms with E-state index in [-0.39, 0.29) is 18.2 Å². The Labute approximate surface area is 149 Å². The zero-order valence-electron chi connectivity index (χ0n) is 13.3. The summed E-state index contributed by atoms with van der Waals surface area (Å²) < 4.78 is 0. The topological polar surface area (TPSA) is 66.5 Å². The van der Waals surface area contributed by atoms with Crippen molar-refractivity contribution in [2.24, 2.45) is 0 Å². The maximum atomic E-state index is 12.9. The van der Waals surface area contributed by atoms with Crippen molar-refractivity contribution in [3.05, 3.63) is 58.6 Å². The molecule has 2 heterocycles. The van der Waals surface area contributed by atoms with Gasteiger partial charge in [0.1, 0.15) is 6.04 Å². The SMILES string of the molecule is O=C1CCC(N2Cc3c(-c4ccccc4)ccc(Cl)c3C2=O)C(=O)N1. The second kappa shape index (κ2) is 6.01. The van der Waals surface area contributed by atoms with E-state index in [1.165, 1.54) is 4.90 Å². The molecule has 25 heavy (non-hydrogen) atoms. The number of nitrogens with one attached hydrogen (secondary N) is 1. The van der Waals surface area contributed by atoms with Crippen molar-refractivity contribution >= 4 is 29.3 Å². The molecule has 1 fully saturated rings. The molecule has 2 aliphatic rings. The van der Waals surface area contributed by atoms with Gasteiger partial charge < -0.3 is 4.90 Å². The van der Waals surface area contributed by atoms with E-state index in [4.69, 9.17) is 11.6 Å². The molecule has 3 amide bonds. The first-order valence-corrected chi connectivity index (χ1v) is 8.45. The Hall–Kier alpha value is -2.66. The highest BCUT2D eigenvalue weighted by molar-refractivity contribution is 6.34. The van der Waals surface area contributed by atoms with E-state index in [9.17, 15) is 14.4 Å². The zero-order valence-corrected chi connectivity index (χ0v) is 14.0. The van der Waals surface area contributed by atoms with Gasteiger partial charge in [0.05, 0.1) is 10.6 Å². The first kappa shape index (κ1) is 15.8. The summed E-state index contributed by atoms with van der Waals surface area (Å²) in [4.78, 5) is 38.0. The molecule has 6 heteroatoms.